The lowest BCUT2D eigenvalue weighted by atomic mass is 10.1. The van der Waals surface area contributed by atoms with Crippen LogP contribution in [0.15, 0.2) is 58.9 Å². The van der Waals surface area contributed by atoms with Gasteiger partial charge >= 0.3 is 0 Å². The Labute approximate surface area is 204 Å². The quantitative estimate of drug-likeness (QED) is 0.536. The normalized spacial score (nSPS) is 18.8. The molecule has 2 saturated heterocycles. The molecule has 2 aliphatic rings. The van der Waals surface area contributed by atoms with Gasteiger partial charge in [-0.1, -0.05) is 30.3 Å². The summed E-state index contributed by atoms with van der Waals surface area (Å²) in [4.78, 5) is 23.9. The van der Waals surface area contributed by atoms with Crippen molar-refractivity contribution >= 4 is 43.2 Å². The first-order valence-corrected chi connectivity index (χ1v) is 14.0. The molecule has 0 spiro atoms. The van der Waals surface area contributed by atoms with E-state index in [1.54, 1.807) is 28.4 Å². The number of carbonyl (C=O) groups excluding carboxylic acids is 1. The number of nitrogens with zero attached hydrogens (tertiary/aromatic N) is 5. The Morgan fingerprint density at radius 2 is 1.71 bits per heavy atom. The zero-order chi connectivity index (χ0) is 23.5. The molecule has 0 radical (unpaired) electrons. The van der Waals surface area contributed by atoms with E-state index in [1.165, 1.54) is 4.31 Å². The van der Waals surface area contributed by atoms with Crippen molar-refractivity contribution in [2.75, 3.05) is 63.8 Å². The zero-order valence-electron chi connectivity index (χ0n) is 19.0. The number of sulfonamides is 1. The minimum absolute atomic E-state index is 0.0745. The molecule has 0 unspecified atom stereocenters. The van der Waals surface area contributed by atoms with Crippen LogP contribution in [0.1, 0.15) is 6.42 Å². The van der Waals surface area contributed by atoms with E-state index in [1.807, 2.05) is 41.9 Å². The molecule has 1 amide bonds. The van der Waals surface area contributed by atoms with Gasteiger partial charge in [-0.3, -0.25) is 9.69 Å². The Morgan fingerprint density at radius 1 is 0.912 bits per heavy atom. The second kappa shape index (κ2) is 9.99. The number of aromatic nitrogens is 1. The summed E-state index contributed by atoms with van der Waals surface area (Å²) in [6, 6.07) is 13.0. The molecule has 0 bridgehead atoms. The molecule has 34 heavy (non-hydrogen) atoms. The molecule has 8 nitrogen and oxygen atoms in total. The minimum Gasteiger partial charge on any atom is -0.347 e. The van der Waals surface area contributed by atoms with Gasteiger partial charge < -0.3 is 9.80 Å². The van der Waals surface area contributed by atoms with Gasteiger partial charge in [0.2, 0.25) is 15.9 Å². The maximum atomic E-state index is 13.2. The molecule has 5 rings (SSSR count). The van der Waals surface area contributed by atoms with Crippen molar-refractivity contribution in [3.63, 3.8) is 0 Å². The van der Waals surface area contributed by atoms with Crippen LogP contribution >= 0.6 is 11.3 Å². The summed E-state index contributed by atoms with van der Waals surface area (Å²) in [7, 11) is -3.59. The number of anilines is 1. The Morgan fingerprint density at radius 3 is 2.47 bits per heavy atom. The number of carbonyl (C=O) groups is 1. The molecule has 2 aliphatic heterocycles. The van der Waals surface area contributed by atoms with Crippen LogP contribution in [-0.4, -0.2) is 92.3 Å². The standard InChI is InChI=1S/C24H29N5O3S2/c30-23(19-26-9-3-10-28(12-11-26)24-25-8-17-33-24)27-13-15-29(16-14-27)34(31,32)22-7-6-20-4-1-2-5-21(20)18-22/h1-2,4-8,17-18H,3,9-16,19H2. The summed E-state index contributed by atoms with van der Waals surface area (Å²) in [6.07, 6.45) is 2.82. The van der Waals surface area contributed by atoms with Crippen LogP contribution in [0.4, 0.5) is 5.13 Å². The van der Waals surface area contributed by atoms with Crippen molar-refractivity contribution in [3.05, 3.63) is 54.0 Å². The number of hydrogen-bond acceptors (Lipinski definition) is 7. The van der Waals surface area contributed by atoms with Crippen molar-refractivity contribution in [1.82, 2.24) is 19.1 Å². The number of rotatable bonds is 5. The fraction of sp³-hybridized carbons (Fsp3) is 0.417. The highest BCUT2D eigenvalue weighted by atomic mass is 32.2. The largest absolute Gasteiger partial charge is 0.347 e. The van der Waals surface area contributed by atoms with Crippen molar-refractivity contribution in [1.29, 1.82) is 0 Å². The molecule has 0 aliphatic carbocycles. The molecule has 0 N–H and O–H groups in total. The summed E-state index contributed by atoms with van der Waals surface area (Å²) in [5.74, 6) is 0.0745. The van der Waals surface area contributed by atoms with E-state index in [2.05, 4.69) is 14.8 Å². The smallest absolute Gasteiger partial charge is 0.243 e. The van der Waals surface area contributed by atoms with Gasteiger partial charge in [-0.05, 0) is 29.3 Å². The number of benzene rings is 2. The van der Waals surface area contributed by atoms with Crippen LogP contribution in [-0.2, 0) is 14.8 Å². The van der Waals surface area contributed by atoms with Crippen molar-refractivity contribution in [3.8, 4) is 0 Å². The molecule has 3 aromatic rings. The van der Waals surface area contributed by atoms with E-state index >= 15 is 0 Å². The molecule has 2 fully saturated rings. The summed E-state index contributed by atoms with van der Waals surface area (Å²) in [6.45, 7) is 5.36. The molecule has 10 heteroatoms. The Bertz CT molecular complexity index is 1240. The van der Waals surface area contributed by atoms with E-state index in [0.717, 1.165) is 48.5 Å². The highest BCUT2D eigenvalue weighted by Gasteiger charge is 2.31. The lowest BCUT2D eigenvalue weighted by Gasteiger charge is -2.35. The molecular weight excluding hydrogens is 470 g/mol. The number of fused-ring (bicyclic) bond motifs is 1. The average Bonchev–Trinajstić information content (AvgIpc) is 3.30. The predicted octanol–water partition coefficient (Wildman–Crippen LogP) is 2.34. The van der Waals surface area contributed by atoms with Crippen molar-refractivity contribution in [2.24, 2.45) is 0 Å². The van der Waals surface area contributed by atoms with E-state index in [0.29, 0.717) is 37.6 Å². The topological polar surface area (TPSA) is 77.1 Å². The molecule has 3 heterocycles. The van der Waals surface area contributed by atoms with Crippen LogP contribution < -0.4 is 4.90 Å². The molecular formula is C24H29N5O3S2. The Kier molecular flexibility index (Phi) is 6.82. The molecule has 0 saturated carbocycles. The average molecular weight is 500 g/mol. The summed E-state index contributed by atoms with van der Waals surface area (Å²) in [5.41, 5.74) is 0. The highest BCUT2D eigenvalue weighted by molar-refractivity contribution is 7.89. The van der Waals surface area contributed by atoms with Gasteiger partial charge in [0.1, 0.15) is 0 Å². The second-order valence-electron chi connectivity index (χ2n) is 8.73. The zero-order valence-corrected chi connectivity index (χ0v) is 20.7. The Hall–Kier alpha value is -2.53. The molecule has 0 atom stereocenters. The van der Waals surface area contributed by atoms with Crippen LogP contribution in [0.2, 0.25) is 0 Å². The third-order valence-corrected chi connectivity index (χ3v) is 9.31. The third kappa shape index (κ3) is 4.95. The van der Waals surface area contributed by atoms with Gasteiger partial charge in [0.05, 0.1) is 11.4 Å². The second-order valence-corrected chi connectivity index (χ2v) is 11.5. The van der Waals surface area contributed by atoms with E-state index in [9.17, 15) is 13.2 Å². The Balaban J connectivity index is 1.15. The highest BCUT2D eigenvalue weighted by Crippen LogP contribution is 2.23. The fourth-order valence-corrected chi connectivity index (χ4v) is 6.79. The van der Waals surface area contributed by atoms with E-state index in [4.69, 9.17) is 0 Å². The van der Waals surface area contributed by atoms with Crippen molar-refractivity contribution < 1.29 is 13.2 Å². The van der Waals surface area contributed by atoms with Gasteiger partial charge in [-0.15, -0.1) is 11.3 Å². The molecule has 2 aromatic carbocycles. The lowest BCUT2D eigenvalue weighted by Crippen LogP contribution is -2.52. The number of amides is 1. The van der Waals surface area contributed by atoms with Gasteiger partial charge in [0.15, 0.2) is 5.13 Å². The fourth-order valence-electron chi connectivity index (χ4n) is 4.64. The first-order valence-electron chi connectivity index (χ1n) is 11.6. The van der Waals surface area contributed by atoms with Crippen LogP contribution in [0.3, 0.4) is 0 Å². The summed E-state index contributed by atoms with van der Waals surface area (Å²) in [5, 5.41) is 4.95. The monoisotopic (exact) mass is 499 g/mol. The number of thiazole rings is 1. The predicted molar refractivity (Wildman–Crippen MR) is 135 cm³/mol. The van der Waals surface area contributed by atoms with Gasteiger partial charge in [0.25, 0.3) is 0 Å². The SMILES string of the molecule is O=C(CN1CCCN(c2nccs2)CC1)N1CCN(S(=O)(=O)c2ccc3ccccc3c2)CC1. The first-order chi connectivity index (χ1) is 16.5. The van der Waals surface area contributed by atoms with Crippen LogP contribution in [0.5, 0.6) is 0 Å². The third-order valence-electron chi connectivity index (χ3n) is 6.59. The van der Waals surface area contributed by atoms with Gasteiger partial charge in [0, 0.05) is 63.9 Å². The van der Waals surface area contributed by atoms with Crippen LogP contribution in [0.25, 0.3) is 10.8 Å². The molecule has 1 aromatic heterocycles. The number of hydrogen-bond donors (Lipinski definition) is 0. The van der Waals surface area contributed by atoms with E-state index < -0.39 is 10.0 Å². The van der Waals surface area contributed by atoms with E-state index in [-0.39, 0.29) is 5.91 Å². The van der Waals surface area contributed by atoms with Gasteiger partial charge in [-0.25, -0.2) is 13.4 Å². The lowest BCUT2D eigenvalue weighted by molar-refractivity contribution is -0.133. The van der Waals surface area contributed by atoms with Crippen LogP contribution in [0, 0.1) is 0 Å². The number of piperazine rings is 1. The maximum absolute atomic E-state index is 13.2. The summed E-state index contributed by atoms with van der Waals surface area (Å²) < 4.78 is 27.9. The van der Waals surface area contributed by atoms with Crippen molar-refractivity contribution in [2.45, 2.75) is 11.3 Å². The summed E-state index contributed by atoms with van der Waals surface area (Å²) >= 11 is 1.64. The van der Waals surface area contributed by atoms with Gasteiger partial charge in [-0.2, -0.15) is 4.31 Å². The molecule has 180 valence electrons. The minimum atomic E-state index is -3.59. The first kappa shape index (κ1) is 23.2. The maximum Gasteiger partial charge on any atom is 0.243 e.